The van der Waals surface area contributed by atoms with Crippen LogP contribution >= 0.6 is 0 Å². The molecule has 0 unspecified atom stereocenters. The summed E-state index contributed by atoms with van der Waals surface area (Å²) in [6.07, 6.45) is -1.53. The summed E-state index contributed by atoms with van der Waals surface area (Å²) in [7, 11) is 0. The Morgan fingerprint density at radius 1 is 1.53 bits per heavy atom. The summed E-state index contributed by atoms with van der Waals surface area (Å²) in [5.41, 5.74) is -5.76. The molecule has 0 spiro atoms. The van der Waals surface area contributed by atoms with E-state index in [2.05, 4.69) is 0 Å². The second-order valence-electron chi connectivity index (χ2n) is 4.90. The van der Waals surface area contributed by atoms with Crippen LogP contribution in [0.15, 0.2) is 21.9 Å². The normalized spacial score (nSPS) is 38.6. The summed E-state index contributed by atoms with van der Waals surface area (Å²) in [4.78, 5) is 24.6. The molecule has 3 N–H and O–H groups in total. The van der Waals surface area contributed by atoms with Gasteiger partial charge in [0.25, 0.3) is 5.56 Å². The van der Waals surface area contributed by atoms with Crippen molar-refractivity contribution in [1.29, 1.82) is 0 Å². The first kappa shape index (κ1) is 13.9. The lowest BCUT2D eigenvalue weighted by Gasteiger charge is -2.32. The molecule has 19 heavy (non-hydrogen) atoms. The van der Waals surface area contributed by atoms with Gasteiger partial charge in [0, 0.05) is 12.3 Å². The van der Waals surface area contributed by atoms with E-state index >= 15 is 0 Å². The molecule has 2 heterocycles. The lowest BCUT2D eigenvalue weighted by atomic mass is 9.85. The number of halogens is 1. The molecule has 0 bridgehead atoms. The van der Waals surface area contributed by atoms with Crippen LogP contribution in [-0.4, -0.2) is 43.7 Å². The topological polar surface area (TPSA) is 105 Å². The van der Waals surface area contributed by atoms with Gasteiger partial charge in [-0.2, -0.15) is 0 Å². The average molecular weight is 274 g/mol. The van der Waals surface area contributed by atoms with E-state index in [1.54, 1.807) is 0 Å². The van der Waals surface area contributed by atoms with Gasteiger partial charge < -0.3 is 14.9 Å². The van der Waals surface area contributed by atoms with Crippen LogP contribution in [0.4, 0.5) is 4.39 Å². The molecule has 0 aromatic carbocycles. The molecule has 1 aliphatic rings. The van der Waals surface area contributed by atoms with Crippen molar-refractivity contribution in [3.8, 4) is 0 Å². The van der Waals surface area contributed by atoms with Gasteiger partial charge in [-0.15, -0.1) is 0 Å². The number of H-pyrrole nitrogens is 1. The number of ether oxygens (including phenoxy) is 1. The predicted octanol–water partition coefficient (Wildman–Crippen LogP) is -1.09. The smallest absolute Gasteiger partial charge is 0.330 e. The maximum absolute atomic E-state index is 14.7. The number of nitrogens with one attached hydrogen (secondary N) is 1. The molecule has 1 aliphatic heterocycles. The molecule has 4 atom stereocenters. The summed E-state index contributed by atoms with van der Waals surface area (Å²) in [5, 5.41) is 19.2. The third-order valence-electron chi connectivity index (χ3n) is 3.64. The van der Waals surface area contributed by atoms with Gasteiger partial charge >= 0.3 is 5.69 Å². The maximum atomic E-state index is 14.7. The maximum Gasteiger partial charge on any atom is 0.330 e. The molecule has 7 nitrogen and oxygen atoms in total. The van der Waals surface area contributed by atoms with Crippen LogP contribution in [-0.2, 0) is 4.74 Å². The van der Waals surface area contributed by atoms with Gasteiger partial charge in [-0.25, -0.2) is 9.18 Å². The summed E-state index contributed by atoms with van der Waals surface area (Å²) in [6.45, 7) is 1.66. The molecule has 0 amide bonds. The van der Waals surface area contributed by atoms with Crippen LogP contribution in [0.5, 0.6) is 0 Å². The van der Waals surface area contributed by atoms with Crippen LogP contribution in [0.3, 0.4) is 0 Å². The molecular weight excluding hydrogens is 259 g/mol. The van der Waals surface area contributed by atoms with Crippen molar-refractivity contribution in [2.45, 2.75) is 37.4 Å². The van der Waals surface area contributed by atoms with Crippen LogP contribution in [0, 0.1) is 0 Å². The zero-order valence-electron chi connectivity index (χ0n) is 10.5. The molecule has 0 saturated carbocycles. The highest BCUT2D eigenvalue weighted by Crippen LogP contribution is 2.47. The average Bonchev–Trinajstić information content (AvgIpc) is 2.47. The van der Waals surface area contributed by atoms with Gasteiger partial charge in [0.1, 0.15) is 11.7 Å². The number of aromatic nitrogens is 2. The zero-order valence-corrected chi connectivity index (χ0v) is 10.5. The Labute approximate surface area is 107 Å². The standard InChI is InChI=1S/C11H15FN2O5/c1-10(12)8(19-6(5-15)11(10,2)18)14-4-3-7(16)13-9(14)17/h3-4,6,8,15,18H,5H2,1-2H3,(H,13,16,17)/t6-,8-,10+,11-/m1/s1. The largest absolute Gasteiger partial charge is 0.394 e. The summed E-state index contributed by atoms with van der Waals surface area (Å²) >= 11 is 0. The van der Waals surface area contributed by atoms with Crippen molar-refractivity contribution in [3.05, 3.63) is 33.1 Å². The van der Waals surface area contributed by atoms with Gasteiger partial charge in [0.15, 0.2) is 11.9 Å². The number of aliphatic hydroxyl groups is 2. The quantitative estimate of drug-likeness (QED) is 0.635. The lowest BCUT2D eigenvalue weighted by molar-refractivity contribution is -0.0892. The first-order valence-electron chi connectivity index (χ1n) is 5.71. The molecule has 0 radical (unpaired) electrons. The summed E-state index contributed by atoms with van der Waals surface area (Å²) in [5.74, 6) is 0. The van der Waals surface area contributed by atoms with E-state index in [0.29, 0.717) is 0 Å². The fraction of sp³-hybridized carbons (Fsp3) is 0.636. The fourth-order valence-corrected chi connectivity index (χ4v) is 2.14. The molecule has 0 aliphatic carbocycles. The van der Waals surface area contributed by atoms with Gasteiger partial charge in [0.05, 0.1) is 6.61 Å². The number of alkyl halides is 1. The highest BCUT2D eigenvalue weighted by atomic mass is 19.1. The van der Waals surface area contributed by atoms with Gasteiger partial charge in [-0.3, -0.25) is 14.3 Å². The van der Waals surface area contributed by atoms with Crippen molar-refractivity contribution < 1.29 is 19.3 Å². The van der Waals surface area contributed by atoms with Gasteiger partial charge in [-0.05, 0) is 13.8 Å². The van der Waals surface area contributed by atoms with E-state index in [-0.39, 0.29) is 0 Å². The molecular formula is C11H15FN2O5. The Morgan fingerprint density at radius 3 is 2.63 bits per heavy atom. The van der Waals surface area contributed by atoms with Crippen LogP contribution < -0.4 is 11.2 Å². The van der Waals surface area contributed by atoms with E-state index < -0.39 is 41.5 Å². The molecule has 2 rings (SSSR count). The van der Waals surface area contributed by atoms with Crippen molar-refractivity contribution in [2.75, 3.05) is 6.61 Å². The Kier molecular flexibility index (Phi) is 3.12. The minimum absolute atomic E-state index is 0.596. The second kappa shape index (κ2) is 4.26. The van der Waals surface area contributed by atoms with E-state index in [1.165, 1.54) is 6.92 Å². The predicted molar refractivity (Wildman–Crippen MR) is 62.5 cm³/mol. The molecule has 1 aromatic heterocycles. The Hall–Kier alpha value is -1.51. The number of nitrogens with zero attached hydrogens (tertiary/aromatic N) is 1. The molecule has 1 saturated heterocycles. The van der Waals surface area contributed by atoms with Crippen LogP contribution in [0.25, 0.3) is 0 Å². The van der Waals surface area contributed by atoms with E-state index in [0.717, 1.165) is 23.8 Å². The second-order valence-corrected chi connectivity index (χ2v) is 4.90. The number of aliphatic hydroxyl groups excluding tert-OH is 1. The van der Waals surface area contributed by atoms with Crippen molar-refractivity contribution in [2.24, 2.45) is 0 Å². The van der Waals surface area contributed by atoms with Crippen LogP contribution in [0.2, 0.25) is 0 Å². The van der Waals surface area contributed by atoms with Crippen molar-refractivity contribution >= 4 is 0 Å². The lowest BCUT2D eigenvalue weighted by Crippen LogP contribution is -2.52. The monoisotopic (exact) mass is 274 g/mol. The number of rotatable bonds is 2. The third-order valence-corrected chi connectivity index (χ3v) is 3.64. The Morgan fingerprint density at radius 2 is 2.16 bits per heavy atom. The van der Waals surface area contributed by atoms with Gasteiger partial charge in [-0.1, -0.05) is 0 Å². The Bertz CT molecular complexity index is 591. The first-order valence-corrected chi connectivity index (χ1v) is 5.71. The SMILES string of the molecule is C[C@]1(F)[C@H](n2ccc(=O)[nH]c2=O)O[C@H](CO)[C@@]1(C)O. The molecule has 1 fully saturated rings. The van der Waals surface area contributed by atoms with E-state index in [1.807, 2.05) is 4.98 Å². The summed E-state index contributed by atoms with van der Waals surface area (Å²) < 4.78 is 20.8. The molecule has 106 valence electrons. The first-order chi connectivity index (χ1) is 8.71. The van der Waals surface area contributed by atoms with Crippen molar-refractivity contribution in [3.63, 3.8) is 0 Å². The van der Waals surface area contributed by atoms with Crippen LogP contribution in [0.1, 0.15) is 20.1 Å². The third kappa shape index (κ3) is 1.92. The molecule has 1 aromatic rings. The highest BCUT2D eigenvalue weighted by molar-refractivity contribution is 5.09. The van der Waals surface area contributed by atoms with Crippen molar-refractivity contribution in [1.82, 2.24) is 9.55 Å². The molecule has 8 heteroatoms. The van der Waals surface area contributed by atoms with E-state index in [4.69, 9.17) is 9.84 Å². The fourth-order valence-electron chi connectivity index (χ4n) is 2.14. The van der Waals surface area contributed by atoms with E-state index in [9.17, 15) is 19.1 Å². The number of aromatic amines is 1. The highest BCUT2D eigenvalue weighted by Gasteiger charge is 2.63. The summed E-state index contributed by atoms with van der Waals surface area (Å²) in [6, 6.07) is 1.04. The minimum Gasteiger partial charge on any atom is -0.394 e. The minimum atomic E-state index is -2.32. The number of hydrogen-bond donors (Lipinski definition) is 3. The number of hydrogen-bond acceptors (Lipinski definition) is 5. The van der Waals surface area contributed by atoms with Gasteiger partial charge in [0.2, 0.25) is 0 Å². The Balaban J connectivity index is 2.52. The zero-order chi connectivity index (χ0) is 14.4.